The van der Waals surface area contributed by atoms with E-state index in [0.717, 1.165) is 25.3 Å². The van der Waals surface area contributed by atoms with E-state index < -0.39 is 5.97 Å². The summed E-state index contributed by atoms with van der Waals surface area (Å²) in [5.74, 6) is 0.744. The van der Waals surface area contributed by atoms with E-state index in [-0.39, 0.29) is 5.56 Å². The highest BCUT2D eigenvalue weighted by Gasteiger charge is 2.22. The Bertz CT molecular complexity index is 456. The van der Waals surface area contributed by atoms with Crippen LogP contribution in [-0.2, 0) is 0 Å². The average Bonchev–Trinajstić information content (AvgIpc) is 2.38. The standard InChI is InChI=1S/C12H15ClN2O2S/c1-2-9-7-15(3-4-18-9)11-10(13)5-8(6-14-11)12(16)17/h5-6,9H,2-4,7H2,1H3,(H,16,17). The Morgan fingerprint density at radius 1 is 1.72 bits per heavy atom. The molecule has 0 amide bonds. The van der Waals surface area contributed by atoms with Gasteiger partial charge in [-0.15, -0.1) is 0 Å². The van der Waals surface area contributed by atoms with E-state index in [1.165, 1.54) is 12.3 Å². The van der Waals surface area contributed by atoms with Gasteiger partial charge in [0.05, 0.1) is 10.6 Å². The van der Waals surface area contributed by atoms with Crippen LogP contribution < -0.4 is 4.90 Å². The number of anilines is 1. The first-order valence-electron chi connectivity index (χ1n) is 5.87. The number of hydrogen-bond donors (Lipinski definition) is 1. The number of carboxylic acids is 1. The molecule has 0 aromatic carbocycles. The van der Waals surface area contributed by atoms with Crippen LogP contribution in [0.3, 0.4) is 0 Å². The molecule has 1 aliphatic rings. The van der Waals surface area contributed by atoms with Gasteiger partial charge in [-0.05, 0) is 12.5 Å². The van der Waals surface area contributed by atoms with Gasteiger partial charge in [0.15, 0.2) is 0 Å². The van der Waals surface area contributed by atoms with E-state index in [0.29, 0.717) is 16.1 Å². The third kappa shape index (κ3) is 2.90. The van der Waals surface area contributed by atoms with Gasteiger partial charge < -0.3 is 10.0 Å². The van der Waals surface area contributed by atoms with Crippen molar-refractivity contribution >= 4 is 35.1 Å². The summed E-state index contributed by atoms with van der Waals surface area (Å²) < 4.78 is 0. The maximum absolute atomic E-state index is 10.8. The molecule has 1 fully saturated rings. The number of carbonyl (C=O) groups is 1. The SMILES string of the molecule is CCC1CN(c2ncc(C(=O)O)cc2Cl)CCS1. The number of nitrogens with zero attached hydrogens (tertiary/aromatic N) is 2. The van der Waals surface area contributed by atoms with Crippen LogP contribution in [0, 0.1) is 0 Å². The molecule has 2 heterocycles. The maximum atomic E-state index is 10.8. The normalized spacial score (nSPS) is 19.9. The molecule has 1 atom stereocenters. The first-order chi connectivity index (χ1) is 8.61. The number of pyridine rings is 1. The molecule has 1 N–H and O–H groups in total. The highest BCUT2D eigenvalue weighted by Crippen LogP contribution is 2.29. The van der Waals surface area contributed by atoms with Gasteiger partial charge in [-0.3, -0.25) is 0 Å². The molecule has 0 aliphatic carbocycles. The number of carboxylic acid groups (broad SMARTS) is 1. The zero-order valence-corrected chi connectivity index (χ0v) is 11.7. The van der Waals surface area contributed by atoms with Crippen LogP contribution in [-0.4, -0.2) is 40.2 Å². The summed E-state index contributed by atoms with van der Waals surface area (Å²) in [5, 5.41) is 9.88. The molecule has 1 saturated heterocycles. The largest absolute Gasteiger partial charge is 0.478 e. The van der Waals surface area contributed by atoms with Crippen molar-refractivity contribution in [2.45, 2.75) is 18.6 Å². The molecule has 0 saturated carbocycles. The molecular weight excluding hydrogens is 272 g/mol. The lowest BCUT2D eigenvalue weighted by Gasteiger charge is -2.33. The summed E-state index contributed by atoms with van der Waals surface area (Å²) in [6.45, 7) is 3.99. The fourth-order valence-corrected chi connectivity index (χ4v) is 3.41. The van der Waals surface area contributed by atoms with Crippen LogP contribution in [0.25, 0.3) is 0 Å². The lowest BCUT2D eigenvalue weighted by molar-refractivity contribution is 0.0696. The molecule has 1 aromatic heterocycles. The molecule has 1 unspecified atom stereocenters. The number of hydrogen-bond acceptors (Lipinski definition) is 4. The minimum atomic E-state index is -1.00. The fourth-order valence-electron chi connectivity index (χ4n) is 1.94. The van der Waals surface area contributed by atoms with Crippen molar-refractivity contribution in [3.8, 4) is 0 Å². The number of halogens is 1. The smallest absolute Gasteiger partial charge is 0.337 e. The highest BCUT2D eigenvalue weighted by molar-refractivity contribution is 8.00. The van der Waals surface area contributed by atoms with Gasteiger partial charge in [0.2, 0.25) is 0 Å². The van der Waals surface area contributed by atoms with Gasteiger partial charge in [0.1, 0.15) is 5.82 Å². The van der Waals surface area contributed by atoms with Gasteiger partial charge in [-0.2, -0.15) is 11.8 Å². The van der Waals surface area contributed by atoms with Crippen molar-refractivity contribution in [3.63, 3.8) is 0 Å². The quantitative estimate of drug-likeness (QED) is 0.926. The molecule has 6 heteroatoms. The molecule has 1 aromatic rings. The summed E-state index contributed by atoms with van der Waals surface area (Å²) in [7, 11) is 0. The third-order valence-corrected chi connectivity index (χ3v) is 4.61. The van der Waals surface area contributed by atoms with Crippen molar-refractivity contribution in [2.24, 2.45) is 0 Å². The van der Waals surface area contributed by atoms with E-state index in [1.807, 2.05) is 11.8 Å². The van der Waals surface area contributed by atoms with E-state index in [2.05, 4.69) is 16.8 Å². The maximum Gasteiger partial charge on any atom is 0.337 e. The molecular formula is C12H15ClN2O2S. The van der Waals surface area contributed by atoms with Gasteiger partial charge in [0, 0.05) is 30.3 Å². The lowest BCUT2D eigenvalue weighted by Crippen LogP contribution is -2.38. The van der Waals surface area contributed by atoms with Crippen LogP contribution in [0.2, 0.25) is 5.02 Å². The number of thioether (sulfide) groups is 1. The molecule has 18 heavy (non-hydrogen) atoms. The Labute approximate surface area is 115 Å². The number of aromatic carboxylic acids is 1. The summed E-state index contributed by atoms with van der Waals surface area (Å²) in [6.07, 6.45) is 2.48. The minimum Gasteiger partial charge on any atom is -0.478 e. The zero-order chi connectivity index (χ0) is 13.1. The lowest BCUT2D eigenvalue weighted by atomic mass is 10.2. The molecule has 0 spiro atoms. The Kier molecular flexibility index (Phi) is 4.35. The Balaban J connectivity index is 2.20. The number of rotatable bonds is 3. The van der Waals surface area contributed by atoms with Crippen LogP contribution >= 0.6 is 23.4 Å². The molecule has 98 valence electrons. The molecule has 4 nitrogen and oxygen atoms in total. The third-order valence-electron chi connectivity index (χ3n) is 2.96. The Morgan fingerprint density at radius 3 is 3.11 bits per heavy atom. The molecule has 0 radical (unpaired) electrons. The minimum absolute atomic E-state index is 0.127. The van der Waals surface area contributed by atoms with Gasteiger partial charge >= 0.3 is 5.97 Å². The zero-order valence-electron chi connectivity index (χ0n) is 10.1. The molecule has 2 rings (SSSR count). The second-order valence-electron chi connectivity index (χ2n) is 4.18. The summed E-state index contributed by atoms with van der Waals surface area (Å²) in [6, 6.07) is 1.47. The second-order valence-corrected chi connectivity index (χ2v) is 6.00. The van der Waals surface area contributed by atoms with Crippen molar-refractivity contribution in [1.29, 1.82) is 0 Å². The predicted molar refractivity (Wildman–Crippen MR) is 75.0 cm³/mol. The van der Waals surface area contributed by atoms with Gasteiger partial charge in [0.25, 0.3) is 0 Å². The Morgan fingerprint density at radius 2 is 2.50 bits per heavy atom. The van der Waals surface area contributed by atoms with Crippen LogP contribution in [0.4, 0.5) is 5.82 Å². The summed E-state index contributed by atoms with van der Waals surface area (Å²) >= 11 is 8.09. The topological polar surface area (TPSA) is 53.4 Å². The number of aromatic nitrogens is 1. The van der Waals surface area contributed by atoms with E-state index in [9.17, 15) is 4.79 Å². The van der Waals surface area contributed by atoms with Crippen LogP contribution in [0.5, 0.6) is 0 Å². The molecule has 1 aliphatic heterocycles. The monoisotopic (exact) mass is 286 g/mol. The first kappa shape index (κ1) is 13.5. The van der Waals surface area contributed by atoms with Crippen molar-refractivity contribution in [1.82, 2.24) is 4.98 Å². The van der Waals surface area contributed by atoms with Gasteiger partial charge in [-0.1, -0.05) is 18.5 Å². The van der Waals surface area contributed by atoms with Crippen molar-refractivity contribution in [3.05, 3.63) is 22.8 Å². The van der Waals surface area contributed by atoms with E-state index in [1.54, 1.807) is 0 Å². The first-order valence-corrected chi connectivity index (χ1v) is 7.30. The van der Waals surface area contributed by atoms with E-state index in [4.69, 9.17) is 16.7 Å². The summed E-state index contributed by atoms with van der Waals surface area (Å²) in [4.78, 5) is 17.2. The van der Waals surface area contributed by atoms with Crippen molar-refractivity contribution in [2.75, 3.05) is 23.7 Å². The second kappa shape index (κ2) is 5.80. The van der Waals surface area contributed by atoms with Crippen LogP contribution in [0.1, 0.15) is 23.7 Å². The van der Waals surface area contributed by atoms with Crippen LogP contribution in [0.15, 0.2) is 12.3 Å². The highest BCUT2D eigenvalue weighted by atomic mass is 35.5. The van der Waals surface area contributed by atoms with Gasteiger partial charge in [-0.25, -0.2) is 9.78 Å². The predicted octanol–water partition coefficient (Wildman–Crippen LogP) is 2.77. The van der Waals surface area contributed by atoms with E-state index >= 15 is 0 Å². The summed E-state index contributed by atoms with van der Waals surface area (Å²) in [5.41, 5.74) is 0.127. The average molecular weight is 287 g/mol. The molecule has 0 bridgehead atoms. The van der Waals surface area contributed by atoms with Crippen molar-refractivity contribution < 1.29 is 9.90 Å². The Hall–Kier alpha value is -0.940. The fraction of sp³-hybridized carbons (Fsp3) is 0.500.